The molecule has 0 atom stereocenters. The highest BCUT2D eigenvalue weighted by molar-refractivity contribution is 9.10. The maximum Gasteiger partial charge on any atom is 0.344 e. The summed E-state index contributed by atoms with van der Waals surface area (Å²) in [5, 5.41) is 10.1. The minimum atomic E-state index is -0.883. The van der Waals surface area contributed by atoms with E-state index >= 15 is 0 Å². The average Bonchev–Trinajstić information content (AvgIpc) is 2.87. The van der Waals surface area contributed by atoms with Crippen molar-refractivity contribution in [1.82, 2.24) is 0 Å². The van der Waals surface area contributed by atoms with Gasteiger partial charge in [-0.05, 0) is 34.8 Å². The molecule has 0 aliphatic carbocycles. The summed E-state index contributed by atoms with van der Waals surface area (Å²) in [6.45, 7) is 1.57. The number of rotatable bonds is 2. The first-order valence-electron chi connectivity index (χ1n) is 5.60. The molecule has 18 heavy (non-hydrogen) atoms. The summed E-state index contributed by atoms with van der Waals surface area (Å²) in [4.78, 5) is 13.4. The smallest absolute Gasteiger partial charge is 0.344 e. The molecule has 0 radical (unpaired) electrons. The third-order valence-electron chi connectivity index (χ3n) is 3.01. The first-order valence-corrected chi connectivity index (χ1v) is 6.39. The lowest BCUT2D eigenvalue weighted by Crippen LogP contribution is -2.19. The van der Waals surface area contributed by atoms with Crippen molar-refractivity contribution in [1.29, 1.82) is 0 Å². The minimum Gasteiger partial charge on any atom is -0.505 e. The van der Waals surface area contributed by atoms with E-state index in [9.17, 15) is 14.3 Å². The third kappa shape index (κ3) is 2.16. The van der Waals surface area contributed by atoms with Crippen molar-refractivity contribution in [3.05, 3.63) is 21.9 Å². The lowest BCUT2D eigenvalue weighted by atomic mass is 10.1. The number of aromatic hydroxyl groups is 1. The molecule has 1 aliphatic heterocycles. The van der Waals surface area contributed by atoms with Crippen LogP contribution in [-0.2, 0) is 4.74 Å². The lowest BCUT2D eigenvalue weighted by Gasteiger charge is -2.21. The van der Waals surface area contributed by atoms with Crippen LogP contribution in [0.15, 0.2) is 10.5 Å². The molecule has 1 saturated heterocycles. The van der Waals surface area contributed by atoms with Crippen molar-refractivity contribution in [2.75, 3.05) is 25.1 Å². The molecule has 1 aliphatic rings. The Balaban J connectivity index is 2.55. The Hall–Kier alpha value is -1.30. The second kappa shape index (κ2) is 5.14. The van der Waals surface area contributed by atoms with E-state index in [1.54, 1.807) is 0 Å². The highest BCUT2D eigenvalue weighted by Crippen LogP contribution is 2.38. The van der Waals surface area contributed by atoms with Crippen molar-refractivity contribution in [3.8, 4) is 5.75 Å². The maximum absolute atomic E-state index is 13.8. The van der Waals surface area contributed by atoms with Crippen LogP contribution in [0, 0.1) is 5.82 Å². The number of phenols is 1. The van der Waals surface area contributed by atoms with Crippen LogP contribution in [0.2, 0.25) is 0 Å². The summed E-state index contributed by atoms with van der Waals surface area (Å²) >= 11 is 3.06. The molecular weight excluding hydrogens is 305 g/mol. The zero-order valence-corrected chi connectivity index (χ0v) is 11.5. The zero-order valence-electron chi connectivity index (χ0n) is 9.87. The van der Waals surface area contributed by atoms with Crippen LogP contribution in [0.3, 0.4) is 0 Å². The Labute approximate surface area is 112 Å². The maximum atomic E-state index is 13.8. The largest absolute Gasteiger partial charge is 0.505 e. The number of carbonyl (C=O) groups excluding carboxylic acids is 1. The molecule has 4 nitrogen and oxygen atoms in total. The topological polar surface area (TPSA) is 49.8 Å². The van der Waals surface area contributed by atoms with Gasteiger partial charge in [0.1, 0.15) is 5.56 Å². The van der Waals surface area contributed by atoms with Gasteiger partial charge >= 0.3 is 5.97 Å². The van der Waals surface area contributed by atoms with Gasteiger partial charge in [0.2, 0.25) is 0 Å². The van der Waals surface area contributed by atoms with Crippen LogP contribution in [0.1, 0.15) is 23.2 Å². The Kier molecular flexibility index (Phi) is 3.75. The van der Waals surface area contributed by atoms with Crippen LogP contribution in [0.5, 0.6) is 5.75 Å². The van der Waals surface area contributed by atoms with Crippen LogP contribution < -0.4 is 4.90 Å². The van der Waals surface area contributed by atoms with Gasteiger partial charge in [-0.15, -0.1) is 0 Å². The summed E-state index contributed by atoms with van der Waals surface area (Å²) < 4.78 is 18.5. The van der Waals surface area contributed by atoms with E-state index in [1.165, 1.54) is 6.07 Å². The molecule has 2 rings (SSSR count). The molecule has 0 bridgehead atoms. The molecule has 0 saturated carbocycles. The number of methoxy groups -OCH3 is 1. The Morgan fingerprint density at radius 3 is 2.67 bits per heavy atom. The number of anilines is 1. The van der Waals surface area contributed by atoms with E-state index in [4.69, 9.17) is 0 Å². The number of carbonyl (C=O) groups is 1. The Morgan fingerprint density at radius 2 is 2.11 bits per heavy atom. The van der Waals surface area contributed by atoms with Gasteiger partial charge in [0.25, 0.3) is 0 Å². The van der Waals surface area contributed by atoms with Gasteiger partial charge < -0.3 is 14.7 Å². The van der Waals surface area contributed by atoms with Crippen molar-refractivity contribution in [2.45, 2.75) is 12.8 Å². The van der Waals surface area contributed by atoms with E-state index in [0.717, 1.165) is 33.0 Å². The van der Waals surface area contributed by atoms with Gasteiger partial charge in [0.15, 0.2) is 11.6 Å². The summed E-state index contributed by atoms with van der Waals surface area (Å²) in [6, 6.07) is 1.49. The molecule has 1 fully saturated rings. The number of benzene rings is 1. The van der Waals surface area contributed by atoms with E-state index in [2.05, 4.69) is 20.7 Å². The summed E-state index contributed by atoms with van der Waals surface area (Å²) in [7, 11) is 1.15. The van der Waals surface area contributed by atoms with Crippen molar-refractivity contribution in [2.24, 2.45) is 0 Å². The molecule has 0 amide bonds. The van der Waals surface area contributed by atoms with Gasteiger partial charge in [-0.25, -0.2) is 9.18 Å². The summed E-state index contributed by atoms with van der Waals surface area (Å²) in [6.07, 6.45) is 2.03. The monoisotopic (exact) mass is 317 g/mol. The van der Waals surface area contributed by atoms with Gasteiger partial charge in [-0.2, -0.15) is 0 Å². The number of halogens is 2. The standard InChI is InChI=1S/C12H13BrFNO3/c1-18-12(17)9-10(14)7(13)6-8(11(9)16)15-4-2-3-5-15/h6,16H,2-5H2,1H3. The first-order chi connectivity index (χ1) is 8.56. The molecule has 98 valence electrons. The van der Waals surface area contributed by atoms with Crippen molar-refractivity contribution in [3.63, 3.8) is 0 Å². The predicted molar refractivity (Wildman–Crippen MR) is 68.6 cm³/mol. The van der Waals surface area contributed by atoms with Crippen LogP contribution in [0.4, 0.5) is 10.1 Å². The molecule has 1 N–H and O–H groups in total. The fraction of sp³-hybridized carbons (Fsp3) is 0.417. The fourth-order valence-electron chi connectivity index (χ4n) is 2.09. The SMILES string of the molecule is COC(=O)c1c(O)c(N2CCCC2)cc(Br)c1F. The van der Waals surface area contributed by atoms with Crippen molar-refractivity contribution < 1.29 is 19.0 Å². The molecule has 0 aromatic heterocycles. The second-order valence-electron chi connectivity index (χ2n) is 4.10. The highest BCUT2D eigenvalue weighted by atomic mass is 79.9. The second-order valence-corrected chi connectivity index (χ2v) is 4.96. The summed E-state index contributed by atoms with van der Waals surface area (Å²) in [5.74, 6) is -2.04. The third-order valence-corrected chi connectivity index (χ3v) is 3.59. The average molecular weight is 318 g/mol. The number of hydrogen-bond donors (Lipinski definition) is 1. The van der Waals surface area contributed by atoms with Crippen LogP contribution in [-0.4, -0.2) is 31.3 Å². The number of nitrogens with zero attached hydrogens (tertiary/aromatic N) is 1. The number of ether oxygens (including phenoxy) is 1. The number of esters is 1. The normalized spacial score (nSPS) is 14.9. The van der Waals surface area contributed by atoms with E-state index in [1.807, 2.05) is 4.90 Å². The highest BCUT2D eigenvalue weighted by Gasteiger charge is 2.26. The van der Waals surface area contributed by atoms with Gasteiger partial charge in [0.05, 0.1) is 17.3 Å². The fourth-order valence-corrected chi connectivity index (χ4v) is 2.51. The van der Waals surface area contributed by atoms with Crippen molar-refractivity contribution >= 4 is 27.6 Å². The van der Waals surface area contributed by atoms with Gasteiger partial charge in [0, 0.05) is 13.1 Å². The Bertz CT molecular complexity index is 487. The first kappa shape index (κ1) is 13.1. The van der Waals surface area contributed by atoms with E-state index in [0.29, 0.717) is 5.69 Å². The van der Waals surface area contributed by atoms with Crippen LogP contribution >= 0.6 is 15.9 Å². The predicted octanol–water partition coefficient (Wildman–Crippen LogP) is 2.68. The van der Waals surface area contributed by atoms with Gasteiger partial charge in [-0.1, -0.05) is 0 Å². The van der Waals surface area contributed by atoms with E-state index < -0.39 is 17.3 Å². The Morgan fingerprint density at radius 1 is 1.50 bits per heavy atom. The molecule has 0 spiro atoms. The number of hydrogen-bond acceptors (Lipinski definition) is 4. The molecule has 1 aromatic carbocycles. The van der Waals surface area contributed by atoms with Crippen LogP contribution in [0.25, 0.3) is 0 Å². The molecule has 1 aromatic rings. The molecular formula is C12H13BrFNO3. The molecule has 6 heteroatoms. The lowest BCUT2D eigenvalue weighted by molar-refractivity contribution is 0.0592. The van der Waals surface area contributed by atoms with Gasteiger partial charge in [-0.3, -0.25) is 0 Å². The zero-order chi connectivity index (χ0) is 13.3. The number of phenolic OH excluding ortho intramolecular Hbond substituents is 1. The quantitative estimate of drug-likeness (QED) is 0.852. The molecule has 1 heterocycles. The molecule has 0 unspecified atom stereocenters. The minimum absolute atomic E-state index is 0.141. The summed E-state index contributed by atoms with van der Waals surface area (Å²) in [5.41, 5.74) is 0.0370. The van der Waals surface area contributed by atoms with E-state index in [-0.39, 0.29) is 10.2 Å².